The molecule has 2 aromatic carbocycles. The largest absolute Gasteiger partial charge is 0.360 e. The Labute approximate surface area is 198 Å². The van der Waals surface area contributed by atoms with Crippen LogP contribution in [0.25, 0.3) is 21.3 Å². The number of carbonyl (C=O) groups is 1. The fourth-order valence-electron chi connectivity index (χ4n) is 4.57. The average Bonchev–Trinajstić information content (AvgIpc) is 3.59. The van der Waals surface area contributed by atoms with Gasteiger partial charge >= 0.3 is 0 Å². The summed E-state index contributed by atoms with van der Waals surface area (Å²) in [5.41, 5.74) is 6.78. The van der Waals surface area contributed by atoms with Crippen molar-refractivity contribution >= 4 is 33.1 Å². The molecule has 2 aromatic heterocycles. The highest BCUT2D eigenvalue weighted by molar-refractivity contribution is 7.21. The van der Waals surface area contributed by atoms with Gasteiger partial charge in [-0.2, -0.15) is 0 Å². The Morgan fingerprint density at radius 1 is 0.970 bits per heavy atom. The van der Waals surface area contributed by atoms with Crippen molar-refractivity contribution in [1.82, 2.24) is 10.3 Å². The number of amides is 1. The highest BCUT2D eigenvalue weighted by Gasteiger charge is 2.32. The van der Waals surface area contributed by atoms with Crippen LogP contribution in [0.3, 0.4) is 0 Å². The van der Waals surface area contributed by atoms with Gasteiger partial charge in [-0.3, -0.25) is 4.79 Å². The Morgan fingerprint density at radius 3 is 2.36 bits per heavy atom. The Bertz CT molecular complexity index is 1360. The van der Waals surface area contributed by atoms with Crippen LogP contribution >= 0.6 is 11.3 Å². The normalized spacial score (nSPS) is 18.0. The highest BCUT2D eigenvalue weighted by atomic mass is 32.1. The quantitative estimate of drug-likeness (QED) is 0.351. The number of aromatic nitrogens is 1. The predicted octanol–water partition coefficient (Wildman–Crippen LogP) is 6.99. The third kappa shape index (κ3) is 3.61. The number of carbonyl (C=O) groups excluding carboxylic acids is 1. The van der Waals surface area contributed by atoms with Crippen LogP contribution in [-0.4, -0.2) is 10.9 Å². The maximum absolute atomic E-state index is 13.2. The summed E-state index contributed by atoms with van der Waals surface area (Å²) in [6.45, 7) is 6.63. The van der Waals surface area contributed by atoms with E-state index in [1.165, 1.54) is 29.7 Å². The molecule has 2 aliphatic rings. The van der Waals surface area contributed by atoms with Crippen LogP contribution in [-0.2, 0) is 5.41 Å². The SMILES string of the molecule is CC(C)(C)c1ccc(C2NC(=O)c3sc4nc(C5CC5)cc(-c5ccccc5)c4c3N2)cc1. The van der Waals surface area contributed by atoms with E-state index in [0.29, 0.717) is 10.8 Å². The molecule has 1 saturated carbocycles. The van der Waals surface area contributed by atoms with Crippen molar-refractivity contribution in [3.63, 3.8) is 0 Å². The summed E-state index contributed by atoms with van der Waals surface area (Å²) in [6.07, 6.45) is 2.12. The third-order valence-corrected chi connectivity index (χ3v) is 7.73. The van der Waals surface area contributed by atoms with Crippen molar-refractivity contribution in [2.45, 2.75) is 51.1 Å². The Balaban J connectivity index is 1.47. The summed E-state index contributed by atoms with van der Waals surface area (Å²) < 4.78 is 0. The number of thiophene rings is 1. The third-order valence-electron chi connectivity index (χ3n) is 6.64. The van der Waals surface area contributed by atoms with Crippen LogP contribution in [0.2, 0.25) is 0 Å². The second-order valence-electron chi connectivity index (χ2n) is 10.1. The van der Waals surface area contributed by atoms with Gasteiger partial charge in [-0.25, -0.2) is 4.98 Å². The van der Waals surface area contributed by atoms with E-state index in [0.717, 1.165) is 38.3 Å². The summed E-state index contributed by atoms with van der Waals surface area (Å²) in [5.74, 6) is 0.510. The second kappa shape index (κ2) is 7.42. The molecule has 1 fully saturated rings. The first-order valence-corrected chi connectivity index (χ1v) is 12.4. The van der Waals surface area contributed by atoms with Crippen LogP contribution in [0.4, 0.5) is 5.69 Å². The topological polar surface area (TPSA) is 54.0 Å². The van der Waals surface area contributed by atoms with Crippen molar-refractivity contribution in [3.8, 4) is 11.1 Å². The molecule has 0 radical (unpaired) electrons. The smallest absolute Gasteiger partial charge is 0.265 e. The Hall–Kier alpha value is -3.18. The van der Waals surface area contributed by atoms with Gasteiger partial charge in [0.1, 0.15) is 15.9 Å². The first kappa shape index (κ1) is 20.4. The van der Waals surface area contributed by atoms with E-state index in [-0.39, 0.29) is 17.5 Å². The number of rotatable bonds is 3. The lowest BCUT2D eigenvalue weighted by molar-refractivity contribution is 0.0940. The average molecular weight is 454 g/mol. The van der Waals surface area contributed by atoms with Crippen LogP contribution in [0, 0.1) is 0 Å². The van der Waals surface area contributed by atoms with Crippen LogP contribution in [0.5, 0.6) is 0 Å². The van der Waals surface area contributed by atoms with Crippen molar-refractivity contribution < 1.29 is 4.79 Å². The first-order valence-electron chi connectivity index (χ1n) is 11.6. The summed E-state index contributed by atoms with van der Waals surface area (Å²) >= 11 is 1.49. The van der Waals surface area contributed by atoms with Gasteiger partial charge in [0.2, 0.25) is 0 Å². The van der Waals surface area contributed by atoms with Gasteiger partial charge in [-0.1, -0.05) is 75.4 Å². The van der Waals surface area contributed by atoms with Gasteiger partial charge in [-0.15, -0.1) is 11.3 Å². The van der Waals surface area contributed by atoms with Crippen molar-refractivity contribution in [1.29, 1.82) is 0 Å². The Kier molecular flexibility index (Phi) is 4.59. The summed E-state index contributed by atoms with van der Waals surface area (Å²) in [4.78, 5) is 19.8. The maximum Gasteiger partial charge on any atom is 0.265 e. The molecule has 1 aliphatic carbocycles. The molecule has 0 bridgehead atoms. The predicted molar refractivity (Wildman–Crippen MR) is 136 cm³/mol. The number of hydrogen-bond acceptors (Lipinski definition) is 4. The molecule has 1 unspecified atom stereocenters. The van der Waals surface area contributed by atoms with Crippen LogP contribution in [0.15, 0.2) is 60.7 Å². The molecule has 2 N–H and O–H groups in total. The molecule has 6 rings (SSSR count). The van der Waals surface area contributed by atoms with Gasteiger partial charge < -0.3 is 10.6 Å². The lowest BCUT2D eigenvalue weighted by atomic mass is 9.86. The molecule has 4 aromatic rings. The molecule has 166 valence electrons. The fraction of sp³-hybridized carbons (Fsp3) is 0.286. The molecule has 1 aliphatic heterocycles. The minimum absolute atomic E-state index is 0.0383. The molecule has 4 nitrogen and oxygen atoms in total. The molecule has 1 atom stereocenters. The van der Waals surface area contributed by atoms with E-state index >= 15 is 0 Å². The van der Waals surface area contributed by atoms with Crippen molar-refractivity contribution in [3.05, 3.63) is 82.4 Å². The number of hydrogen-bond donors (Lipinski definition) is 2. The lowest BCUT2D eigenvalue weighted by Crippen LogP contribution is -2.37. The lowest BCUT2D eigenvalue weighted by Gasteiger charge is -2.27. The monoisotopic (exact) mass is 453 g/mol. The summed E-state index contributed by atoms with van der Waals surface area (Å²) in [6, 6.07) is 21.2. The molecule has 1 amide bonds. The number of benzene rings is 2. The van der Waals surface area contributed by atoms with Gasteiger partial charge in [-0.05, 0) is 46.6 Å². The number of anilines is 1. The molecule has 5 heteroatoms. The molecule has 0 spiro atoms. The number of nitrogens with one attached hydrogen (secondary N) is 2. The second-order valence-corrected chi connectivity index (χ2v) is 11.1. The molecular weight excluding hydrogens is 426 g/mol. The van der Waals surface area contributed by atoms with E-state index < -0.39 is 0 Å². The molecule has 0 saturated heterocycles. The van der Waals surface area contributed by atoms with E-state index in [4.69, 9.17) is 4.98 Å². The van der Waals surface area contributed by atoms with Crippen LogP contribution in [0.1, 0.15) is 72.2 Å². The van der Waals surface area contributed by atoms with E-state index in [9.17, 15) is 4.79 Å². The van der Waals surface area contributed by atoms with Crippen molar-refractivity contribution in [2.75, 3.05) is 5.32 Å². The minimum atomic E-state index is -0.274. The molecule has 33 heavy (non-hydrogen) atoms. The maximum atomic E-state index is 13.2. The van der Waals surface area contributed by atoms with Gasteiger partial charge in [0.05, 0.1) is 5.69 Å². The number of pyridine rings is 1. The zero-order valence-corrected chi connectivity index (χ0v) is 19.9. The minimum Gasteiger partial charge on any atom is -0.360 e. The zero-order valence-electron chi connectivity index (χ0n) is 19.1. The van der Waals surface area contributed by atoms with Crippen molar-refractivity contribution in [2.24, 2.45) is 0 Å². The first-order chi connectivity index (χ1) is 15.9. The molecular formula is C28H27N3OS. The summed E-state index contributed by atoms with van der Waals surface area (Å²) in [5, 5.41) is 7.84. The van der Waals surface area contributed by atoms with E-state index in [1.807, 2.05) is 6.07 Å². The number of nitrogens with zero attached hydrogens (tertiary/aromatic N) is 1. The fourth-order valence-corrected chi connectivity index (χ4v) is 5.64. The van der Waals surface area contributed by atoms with Crippen LogP contribution < -0.4 is 10.6 Å². The molecule has 3 heterocycles. The van der Waals surface area contributed by atoms with Gasteiger partial charge in [0.15, 0.2) is 0 Å². The van der Waals surface area contributed by atoms with E-state index in [1.54, 1.807) is 0 Å². The standard InChI is InChI=1S/C28H27N3OS/c1-28(2,3)19-13-11-18(12-14-19)25-30-23-22-20(16-7-5-4-6-8-16)15-21(17-9-10-17)29-27(22)33-24(23)26(32)31-25/h4-8,11-15,17,25,30H,9-10H2,1-3H3,(H,31,32). The van der Waals surface area contributed by atoms with Gasteiger partial charge in [0, 0.05) is 17.0 Å². The zero-order chi connectivity index (χ0) is 22.7. The summed E-state index contributed by atoms with van der Waals surface area (Å²) in [7, 11) is 0. The highest BCUT2D eigenvalue weighted by Crippen LogP contribution is 2.47. The Morgan fingerprint density at radius 2 is 1.70 bits per heavy atom. The van der Waals surface area contributed by atoms with E-state index in [2.05, 4.69) is 86.0 Å². The van der Waals surface area contributed by atoms with Gasteiger partial charge in [0.25, 0.3) is 5.91 Å². The number of fused-ring (bicyclic) bond motifs is 3.